The number of nitrogens with one attached hydrogen (secondary N) is 1. The molecule has 2 aliphatic heterocycles. The average Bonchev–Trinajstić information content (AvgIpc) is 2.71. The first-order valence-corrected chi connectivity index (χ1v) is 6.97. The molecule has 0 saturated carbocycles. The van der Waals surface area contributed by atoms with Crippen LogP contribution in [0, 0.1) is 5.92 Å². The number of hydrogen-bond donors (Lipinski definition) is 1. The molecule has 0 bridgehead atoms. The van der Waals surface area contributed by atoms with Gasteiger partial charge in [-0.2, -0.15) is 0 Å². The highest BCUT2D eigenvalue weighted by Gasteiger charge is 2.33. The number of piperidine rings is 1. The van der Waals surface area contributed by atoms with Crippen LogP contribution in [0.15, 0.2) is 12.7 Å². The molecule has 2 heterocycles. The second kappa shape index (κ2) is 6.41. The second-order valence-corrected chi connectivity index (χ2v) is 5.36. The van der Waals surface area contributed by atoms with E-state index in [-0.39, 0.29) is 0 Å². The zero-order valence-electron chi connectivity index (χ0n) is 10.5. The van der Waals surface area contributed by atoms with Crippen LogP contribution in [0.5, 0.6) is 0 Å². The Morgan fingerprint density at radius 3 is 3.00 bits per heavy atom. The van der Waals surface area contributed by atoms with Gasteiger partial charge in [0.25, 0.3) is 0 Å². The van der Waals surface area contributed by atoms with Crippen LogP contribution in [0.3, 0.4) is 0 Å². The minimum atomic E-state index is 0.807. The van der Waals surface area contributed by atoms with Gasteiger partial charge in [-0.05, 0) is 51.1 Å². The molecule has 0 aromatic carbocycles. The summed E-state index contributed by atoms with van der Waals surface area (Å²) in [5.41, 5.74) is 0. The molecule has 2 saturated heterocycles. The fourth-order valence-electron chi connectivity index (χ4n) is 3.12. The lowest BCUT2D eigenvalue weighted by Gasteiger charge is -2.24. The topological polar surface area (TPSA) is 15.3 Å². The zero-order chi connectivity index (χ0) is 11.2. The summed E-state index contributed by atoms with van der Waals surface area (Å²) in [7, 11) is 0. The molecule has 2 fully saturated rings. The van der Waals surface area contributed by atoms with Gasteiger partial charge in [0.15, 0.2) is 0 Å². The molecule has 0 aliphatic carbocycles. The van der Waals surface area contributed by atoms with Gasteiger partial charge in [0.1, 0.15) is 0 Å². The Labute approximate surface area is 100 Å². The molecular weight excluding hydrogens is 196 g/mol. The Morgan fingerprint density at radius 1 is 1.25 bits per heavy atom. The fraction of sp³-hybridized carbons (Fsp3) is 0.857. The maximum Gasteiger partial charge on any atom is 0.0235 e. The number of likely N-dealkylation sites (tertiary alicyclic amines) is 1. The van der Waals surface area contributed by atoms with Gasteiger partial charge in [0.05, 0.1) is 0 Å². The van der Waals surface area contributed by atoms with Crippen molar-refractivity contribution in [3.63, 3.8) is 0 Å². The standard InChI is InChI=1S/C14H26N2/c1-2-3-4-5-6-10-16-11-13-8-7-9-15-14(13)12-16/h2,13-15H,1,3-12H2/t13-,14+/m0/s1. The van der Waals surface area contributed by atoms with E-state index < -0.39 is 0 Å². The molecular formula is C14H26N2. The van der Waals surface area contributed by atoms with Crippen LogP contribution >= 0.6 is 0 Å². The molecule has 2 aliphatic rings. The monoisotopic (exact) mass is 222 g/mol. The molecule has 0 amide bonds. The maximum atomic E-state index is 3.77. The van der Waals surface area contributed by atoms with Crippen LogP contribution in [0.25, 0.3) is 0 Å². The van der Waals surface area contributed by atoms with E-state index in [2.05, 4.69) is 16.8 Å². The predicted octanol–water partition coefficient (Wildman–Crippen LogP) is 2.42. The summed E-state index contributed by atoms with van der Waals surface area (Å²) in [4.78, 5) is 2.67. The first-order chi connectivity index (χ1) is 7.90. The van der Waals surface area contributed by atoms with Crippen LogP contribution < -0.4 is 5.32 Å². The van der Waals surface area contributed by atoms with Gasteiger partial charge in [0, 0.05) is 19.1 Å². The van der Waals surface area contributed by atoms with Gasteiger partial charge >= 0.3 is 0 Å². The Kier molecular flexibility index (Phi) is 4.86. The fourth-order valence-corrected chi connectivity index (χ4v) is 3.12. The van der Waals surface area contributed by atoms with Gasteiger partial charge in [-0.25, -0.2) is 0 Å². The van der Waals surface area contributed by atoms with Crippen molar-refractivity contribution >= 4 is 0 Å². The van der Waals surface area contributed by atoms with Crippen LogP contribution in [-0.4, -0.2) is 37.1 Å². The van der Waals surface area contributed by atoms with Gasteiger partial charge in [-0.15, -0.1) is 6.58 Å². The lowest BCUT2D eigenvalue weighted by molar-refractivity contribution is 0.312. The molecule has 0 aromatic heterocycles. The van der Waals surface area contributed by atoms with Crippen LogP contribution in [0.4, 0.5) is 0 Å². The highest BCUT2D eigenvalue weighted by Crippen LogP contribution is 2.24. The highest BCUT2D eigenvalue weighted by molar-refractivity contribution is 4.91. The minimum absolute atomic E-state index is 0.807. The molecule has 0 unspecified atom stereocenters. The molecule has 2 nitrogen and oxygen atoms in total. The number of fused-ring (bicyclic) bond motifs is 1. The van der Waals surface area contributed by atoms with E-state index in [9.17, 15) is 0 Å². The summed E-state index contributed by atoms with van der Waals surface area (Å²) >= 11 is 0. The molecule has 2 heteroatoms. The first kappa shape index (κ1) is 12.1. The lowest BCUT2D eigenvalue weighted by atomic mass is 9.94. The molecule has 0 spiro atoms. The van der Waals surface area contributed by atoms with Gasteiger partial charge in [0.2, 0.25) is 0 Å². The van der Waals surface area contributed by atoms with E-state index in [1.54, 1.807) is 0 Å². The van der Waals surface area contributed by atoms with E-state index in [1.807, 2.05) is 6.08 Å². The summed E-state index contributed by atoms with van der Waals surface area (Å²) in [6.07, 6.45) is 10.1. The third-order valence-electron chi connectivity index (χ3n) is 4.06. The minimum Gasteiger partial charge on any atom is -0.312 e. The van der Waals surface area contributed by atoms with Crippen LogP contribution in [0.2, 0.25) is 0 Å². The van der Waals surface area contributed by atoms with Crippen molar-refractivity contribution in [3.05, 3.63) is 12.7 Å². The Hall–Kier alpha value is -0.340. The van der Waals surface area contributed by atoms with E-state index in [0.29, 0.717) is 0 Å². The molecule has 1 N–H and O–H groups in total. The Bertz CT molecular complexity index is 201. The number of nitrogens with zero attached hydrogens (tertiary/aromatic N) is 1. The van der Waals surface area contributed by atoms with Crippen molar-refractivity contribution in [2.24, 2.45) is 5.92 Å². The summed E-state index contributed by atoms with van der Waals surface area (Å²) in [6.45, 7) is 8.97. The summed E-state index contributed by atoms with van der Waals surface area (Å²) in [5, 5.41) is 3.67. The Morgan fingerprint density at radius 2 is 2.19 bits per heavy atom. The summed E-state index contributed by atoms with van der Waals surface area (Å²) in [6, 6.07) is 0.807. The SMILES string of the molecule is C=CCCCCCN1C[C@@H]2CCCN[C@@H]2C1. The lowest BCUT2D eigenvalue weighted by Crippen LogP contribution is -2.40. The molecule has 92 valence electrons. The van der Waals surface area contributed by atoms with E-state index in [0.717, 1.165) is 12.0 Å². The van der Waals surface area contributed by atoms with Crippen LogP contribution in [0.1, 0.15) is 38.5 Å². The molecule has 0 radical (unpaired) electrons. The smallest absolute Gasteiger partial charge is 0.0235 e. The first-order valence-electron chi connectivity index (χ1n) is 6.97. The summed E-state index contributed by atoms with van der Waals surface area (Å²) in [5.74, 6) is 0.946. The molecule has 2 rings (SSSR count). The second-order valence-electron chi connectivity index (χ2n) is 5.36. The summed E-state index contributed by atoms with van der Waals surface area (Å²) < 4.78 is 0. The zero-order valence-corrected chi connectivity index (χ0v) is 10.5. The van der Waals surface area contributed by atoms with Gasteiger partial charge in [-0.1, -0.05) is 12.5 Å². The van der Waals surface area contributed by atoms with Crippen molar-refractivity contribution in [2.75, 3.05) is 26.2 Å². The van der Waals surface area contributed by atoms with Gasteiger partial charge < -0.3 is 10.2 Å². The third-order valence-corrected chi connectivity index (χ3v) is 4.06. The largest absolute Gasteiger partial charge is 0.312 e. The van der Waals surface area contributed by atoms with Crippen molar-refractivity contribution in [2.45, 2.75) is 44.6 Å². The van der Waals surface area contributed by atoms with E-state index >= 15 is 0 Å². The van der Waals surface area contributed by atoms with E-state index in [1.165, 1.54) is 64.7 Å². The van der Waals surface area contributed by atoms with Crippen molar-refractivity contribution in [1.29, 1.82) is 0 Å². The van der Waals surface area contributed by atoms with Crippen molar-refractivity contribution < 1.29 is 0 Å². The maximum absolute atomic E-state index is 3.77. The number of rotatable bonds is 6. The third kappa shape index (κ3) is 3.33. The quantitative estimate of drug-likeness (QED) is 0.548. The predicted molar refractivity (Wildman–Crippen MR) is 69.6 cm³/mol. The Balaban J connectivity index is 1.59. The molecule has 16 heavy (non-hydrogen) atoms. The molecule has 0 aromatic rings. The number of hydrogen-bond acceptors (Lipinski definition) is 2. The number of allylic oxidation sites excluding steroid dienone is 1. The number of unbranched alkanes of at least 4 members (excludes halogenated alkanes) is 3. The van der Waals surface area contributed by atoms with Gasteiger partial charge in [-0.3, -0.25) is 0 Å². The highest BCUT2D eigenvalue weighted by atomic mass is 15.2. The van der Waals surface area contributed by atoms with E-state index in [4.69, 9.17) is 0 Å². The molecule has 2 atom stereocenters. The van der Waals surface area contributed by atoms with Crippen molar-refractivity contribution in [3.8, 4) is 0 Å². The van der Waals surface area contributed by atoms with Crippen molar-refractivity contribution in [1.82, 2.24) is 10.2 Å². The van der Waals surface area contributed by atoms with Crippen LogP contribution in [-0.2, 0) is 0 Å². The normalized spacial score (nSPS) is 30.2. The average molecular weight is 222 g/mol.